The maximum Gasteiger partial charge on any atom is 0.258 e. The minimum Gasteiger partial charge on any atom is -0.507 e. The van der Waals surface area contributed by atoms with Crippen LogP contribution in [0.25, 0.3) is 0 Å². The van der Waals surface area contributed by atoms with Gasteiger partial charge in [-0.05, 0) is 24.0 Å². The summed E-state index contributed by atoms with van der Waals surface area (Å²) >= 11 is 0. The second kappa shape index (κ2) is 5.17. The van der Waals surface area contributed by atoms with Crippen LogP contribution in [0.2, 0.25) is 0 Å². The van der Waals surface area contributed by atoms with Gasteiger partial charge in [-0.25, -0.2) is 4.39 Å². The van der Waals surface area contributed by atoms with Gasteiger partial charge < -0.3 is 10.4 Å². The summed E-state index contributed by atoms with van der Waals surface area (Å²) in [5.41, 5.74) is -0.189. The number of aromatic hydroxyl groups is 1. The van der Waals surface area contributed by atoms with Gasteiger partial charge in [0, 0.05) is 6.54 Å². The molecule has 0 aliphatic heterocycles. The van der Waals surface area contributed by atoms with Gasteiger partial charge in [0.2, 0.25) is 0 Å². The molecule has 17 heavy (non-hydrogen) atoms. The zero-order valence-corrected chi connectivity index (χ0v) is 10.4. The van der Waals surface area contributed by atoms with Crippen LogP contribution < -0.4 is 5.32 Å². The quantitative estimate of drug-likeness (QED) is 0.852. The Morgan fingerprint density at radius 2 is 2.06 bits per heavy atom. The predicted octanol–water partition coefficient (Wildman–Crippen LogP) is 2.70. The van der Waals surface area contributed by atoms with Crippen LogP contribution >= 0.6 is 0 Å². The lowest BCUT2D eigenvalue weighted by Gasteiger charge is -2.18. The SMILES string of the molecule is CC(C)(C)CCNC(=O)c1c(O)cccc1F. The van der Waals surface area contributed by atoms with Crippen LogP contribution in [0.3, 0.4) is 0 Å². The Hall–Kier alpha value is -1.58. The molecule has 1 aromatic rings. The molecule has 0 saturated heterocycles. The summed E-state index contributed by atoms with van der Waals surface area (Å²) in [6.45, 7) is 6.62. The van der Waals surface area contributed by atoms with Gasteiger partial charge in [-0.3, -0.25) is 4.79 Å². The summed E-state index contributed by atoms with van der Waals surface area (Å²) in [6, 6.07) is 3.80. The van der Waals surface area contributed by atoms with Crippen molar-refractivity contribution in [2.24, 2.45) is 5.41 Å². The summed E-state index contributed by atoms with van der Waals surface area (Å²) in [5.74, 6) is -1.62. The summed E-state index contributed by atoms with van der Waals surface area (Å²) in [6.07, 6.45) is 0.786. The van der Waals surface area contributed by atoms with Crippen molar-refractivity contribution < 1.29 is 14.3 Å². The van der Waals surface area contributed by atoms with E-state index in [0.717, 1.165) is 12.5 Å². The van der Waals surface area contributed by atoms with Crippen molar-refractivity contribution >= 4 is 5.91 Å². The molecule has 0 aliphatic rings. The first-order valence-electron chi connectivity index (χ1n) is 5.57. The van der Waals surface area contributed by atoms with Crippen molar-refractivity contribution in [2.75, 3.05) is 6.54 Å². The summed E-state index contributed by atoms with van der Waals surface area (Å²) in [4.78, 5) is 11.7. The van der Waals surface area contributed by atoms with Gasteiger partial charge in [0.1, 0.15) is 17.1 Å². The predicted molar refractivity (Wildman–Crippen MR) is 64.5 cm³/mol. The molecule has 3 nitrogen and oxygen atoms in total. The van der Waals surface area contributed by atoms with E-state index in [1.165, 1.54) is 12.1 Å². The Kier molecular flexibility index (Phi) is 4.10. The molecular formula is C13H18FNO2. The smallest absolute Gasteiger partial charge is 0.258 e. The van der Waals surface area contributed by atoms with Crippen molar-refractivity contribution in [2.45, 2.75) is 27.2 Å². The summed E-state index contributed by atoms with van der Waals surface area (Å²) in [7, 11) is 0. The van der Waals surface area contributed by atoms with Crippen LogP contribution in [0.5, 0.6) is 5.75 Å². The maximum atomic E-state index is 13.3. The molecule has 4 heteroatoms. The Morgan fingerprint density at radius 3 is 2.59 bits per heavy atom. The van der Waals surface area contributed by atoms with Gasteiger partial charge in [0.15, 0.2) is 0 Å². The van der Waals surface area contributed by atoms with Crippen molar-refractivity contribution in [1.29, 1.82) is 0 Å². The van der Waals surface area contributed by atoms with Gasteiger partial charge in [-0.1, -0.05) is 26.8 Å². The van der Waals surface area contributed by atoms with Crippen LogP contribution in [-0.2, 0) is 0 Å². The molecule has 0 unspecified atom stereocenters. The van der Waals surface area contributed by atoms with Gasteiger partial charge in [-0.15, -0.1) is 0 Å². The van der Waals surface area contributed by atoms with E-state index in [-0.39, 0.29) is 16.7 Å². The van der Waals surface area contributed by atoms with E-state index in [9.17, 15) is 14.3 Å². The molecule has 0 bridgehead atoms. The van der Waals surface area contributed by atoms with Crippen molar-refractivity contribution in [3.05, 3.63) is 29.6 Å². The number of nitrogens with one attached hydrogen (secondary N) is 1. The molecule has 2 N–H and O–H groups in total. The lowest BCUT2D eigenvalue weighted by atomic mass is 9.92. The third kappa shape index (κ3) is 4.06. The number of benzene rings is 1. The Morgan fingerprint density at radius 1 is 1.41 bits per heavy atom. The van der Waals surface area contributed by atoms with Crippen LogP contribution in [0.15, 0.2) is 18.2 Å². The largest absolute Gasteiger partial charge is 0.507 e. The third-order valence-corrected chi connectivity index (χ3v) is 2.38. The third-order valence-electron chi connectivity index (χ3n) is 2.38. The zero-order chi connectivity index (χ0) is 13.1. The number of hydrogen-bond acceptors (Lipinski definition) is 2. The number of carbonyl (C=O) groups is 1. The Balaban J connectivity index is 2.65. The van der Waals surface area contributed by atoms with Gasteiger partial charge in [0.25, 0.3) is 5.91 Å². The molecule has 94 valence electrons. The van der Waals surface area contributed by atoms with E-state index in [1.54, 1.807) is 0 Å². The fourth-order valence-electron chi connectivity index (χ4n) is 1.38. The molecule has 1 rings (SSSR count). The first-order chi connectivity index (χ1) is 7.81. The number of phenolic OH excluding ortho intramolecular Hbond substituents is 1. The average Bonchev–Trinajstić information content (AvgIpc) is 2.15. The molecular weight excluding hydrogens is 221 g/mol. The van der Waals surface area contributed by atoms with Crippen LogP contribution in [0.1, 0.15) is 37.6 Å². The van der Waals surface area contributed by atoms with Crippen molar-refractivity contribution in [3.63, 3.8) is 0 Å². The first-order valence-corrected chi connectivity index (χ1v) is 5.57. The minimum atomic E-state index is -0.710. The molecule has 1 amide bonds. The second-order valence-corrected chi connectivity index (χ2v) is 5.20. The topological polar surface area (TPSA) is 49.3 Å². The lowest BCUT2D eigenvalue weighted by Crippen LogP contribution is -2.28. The molecule has 0 heterocycles. The number of phenols is 1. The normalized spacial score (nSPS) is 11.3. The van der Waals surface area contributed by atoms with E-state index < -0.39 is 11.7 Å². The number of rotatable bonds is 3. The molecule has 0 spiro atoms. The monoisotopic (exact) mass is 239 g/mol. The van der Waals surface area contributed by atoms with Gasteiger partial charge in [-0.2, -0.15) is 0 Å². The van der Waals surface area contributed by atoms with E-state index in [1.807, 2.05) is 0 Å². The second-order valence-electron chi connectivity index (χ2n) is 5.20. The summed E-state index contributed by atoms with van der Waals surface area (Å²) in [5, 5.41) is 12.0. The molecule has 0 saturated carbocycles. The molecule has 0 fully saturated rings. The van der Waals surface area contributed by atoms with Gasteiger partial charge >= 0.3 is 0 Å². The first kappa shape index (κ1) is 13.5. The van der Waals surface area contributed by atoms with E-state index in [4.69, 9.17) is 0 Å². The van der Waals surface area contributed by atoms with Crippen molar-refractivity contribution in [1.82, 2.24) is 5.32 Å². The Bertz CT molecular complexity index is 390. The molecule has 0 aromatic heterocycles. The molecule has 1 aromatic carbocycles. The fraction of sp³-hybridized carbons (Fsp3) is 0.462. The number of amides is 1. The lowest BCUT2D eigenvalue weighted by molar-refractivity contribution is 0.0942. The standard InChI is InChI=1S/C13H18FNO2/c1-13(2,3)7-8-15-12(17)11-9(14)5-4-6-10(11)16/h4-6,16H,7-8H2,1-3H3,(H,15,17). The number of halogens is 1. The van der Waals surface area contributed by atoms with Crippen molar-refractivity contribution in [3.8, 4) is 5.75 Å². The highest BCUT2D eigenvalue weighted by Crippen LogP contribution is 2.20. The van der Waals surface area contributed by atoms with E-state index >= 15 is 0 Å². The van der Waals surface area contributed by atoms with E-state index in [2.05, 4.69) is 26.1 Å². The summed E-state index contributed by atoms with van der Waals surface area (Å²) < 4.78 is 13.3. The fourth-order valence-corrected chi connectivity index (χ4v) is 1.38. The average molecular weight is 239 g/mol. The Labute approximate surface area is 101 Å². The minimum absolute atomic E-state index is 0.102. The highest BCUT2D eigenvalue weighted by molar-refractivity contribution is 5.97. The van der Waals surface area contributed by atoms with Crippen LogP contribution in [0, 0.1) is 11.2 Å². The number of hydrogen-bond donors (Lipinski definition) is 2. The van der Waals surface area contributed by atoms with Crippen LogP contribution in [0.4, 0.5) is 4.39 Å². The van der Waals surface area contributed by atoms with Gasteiger partial charge in [0.05, 0.1) is 0 Å². The van der Waals surface area contributed by atoms with Crippen LogP contribution in [-0.4, -0.2) is 17.6 Å². The molecule has 0 atom stereocenters. The van der Waals surface area contributed by atoms with E-state index in [0.29, 0.717) is 6.54 Å². The molecule has 0 aliphatic carbocycles. The zero-order valence-electron chi connectivity index (χ0n) is 10.4. The number of carbonyl (C=O) groups excluding carboxylic acids is 1. The highest BCUT2D eigenvalue weighted by atomic mass is 19.1. The highest BCUT2D eigenvalue weighted by Gasteiger charge is 2.17. The molecule has 0 radical (unpaired) electrons. The maximum absolute atomic E-state index is 13.3.